The molecular weight excluding hydrogens is 358 g/mol. The summed E-state index contributed by atoms with van der Waals surface area (Å²) in [5.74, 6) is 0.576. The predicted octanol–water partition coefficient (Wildman–Crippen LogP) is 3.91. The van der Waals surface area contributed by atoms with E-state index < -0.39 is 0 Å². The predicted molar refractivity (Wildman–Crippen MR) is 109 cm³/mol. The van der Waals surface area contributed by atoms with E-state index in [2.05, 4.69) is 12.2 Å². The second kappa shape index (κ2) is 7.66. The zero-order valence-electron chi connectivity index (χ0n) is 16.0. The molecule has 0 spiro atoms. The summed E-state index contributed by atoms with van der Waals surface area (Å²) in [7, 11) is 0. The smallest absolute Gasteiger partial charge is 0.262 e. The maximum atomic E-state index is 13.0. The third-order valence-corrected chi connectivity index (χ3v) is 6.84. The van der Waals surface area contributed by atoms with Crippen molar-refractivity contribution in [3.05, 3.63) is 34.6 Å². The van der Waals surface area contributed by atoms with Crippen molar-refractivity contribution in [2.24, 2.45) is 5.92 Å². The van der Waals surface area contributed by atoms with E-state index in [0.29, 0.717) is 22.0 Å². The normalized spacial score (nSPS) is 23.9. The van der Waals surface area contributed by atoms with Crippen molar-refractivity contribution >= 4 is 28.6 Å². The molecule has 27 heavy (non-hydrogen) atoms. The number of amides is 1. The van der Waals surface area contributed by atoms with Gasteiger partial charge in [-0.1, -0.05) is 43.7 Å². The van der Waals surface area contributed by atoms with Crippen molar-refractivity contribution in [1.29, 1.82) is 0 Å². The molecule has 2 fully saturated rings. The van der Waals surface area contributed by atoms with Gasteiger partial charge in [-0.3, -0.25) is 14.2 Å². The van der Waals surface area contributed by atoms with Crippen LogP contribution in [-0.4, -0.2) is 26.8 Å². The second-order valence-electron chi connectivity index (χ2n) is 7.95. The van der Waals surface area contributed by atoms with Crippen molar-refractivity contribution in [2.45, 2.75) is 74.9 Å². The van der Waals surface area contributed by atoms with Crippen molar-refractivity contribution in [2.75, 3.05) is 0 Å². The Labute approximate surface area is 163 Å². The number of thioether (sulfide) groups is 1. The minimum Gasteiger partial charge on any atom is -0.352 e. The molecule has 2 aromatic rings. The molecule has 2 aliphatic rings. The van der Waals surface area contributed by atoms with Gasteiger partial charge in [0.15, 0.2) is 5.16 Å². The molecule has 2 saturated carbocycles. The average Bonchev–Trinajstić information content (AvgIpc) is 3.48. The third kappa shape index (κ3) is 3.91. The van der Waals surface area contributed by atoms with Crippen LogP contribution in [0.5, 0.6) is 0 Å². The Bertz CT molecular complexity index is 906. The lowest BCUT2D eigenvalue weighted by Gasteiger charge is -2.30. The van der Waals surface area contributed by atoms with E-state index in [1.54, 1.807) is 4.57 Å². The fraction of sp³-hybridized carbons (Fsp3) is 0.571. The summed E-state index contributed by atoms with van der Waals surface area (Å²) in [5, 5.41) is 4.27. The molecule has 4 rings (SSSR count). The van der Waals surface area contributed by atoms with Crippen LogP contribution < -0.4 is 10.9 Å². The molecule has 3 atom stereocenters. The number of fused-ring (bicyclic) bond motifs is 1. The molecule has 0 unspecified atom stereocenters. The SMILES string of the molecule is C[C@@H](Sc1nc2ccccc2c(=O)n1C1CC1)C(=O)N[C@@H]1CCCC[C@@H]1C. The van der Waals surface area contributed by atoms with Gasteiger partial charge in [0.25, 0.3) is 5.56 Å². The summed E-state index contributed by atoms with van der Waals surface area (Å²) < 4.78 is 1.81. The number of nitrogens with zero attached hydrogens (tertiary/aromatic N) is 2. The van der Waals surface area contributed by atoms with Gasteiger partial charge in [0.1, 0.15) is 0 Å². The number of carbonyl (C=O) groups excluding carboxylic acids is 1. The number of nitrogens with one attached hydrogen (secondary N) is 1. The van der Waals surface area contributed by atoms with Crippen LogP contribution in [0, 0.1) is 5.92 Å². The van der Waals surface area contributed by atoms with Gasteiger partial charge in [0.05, 0.1) is 16.2 Å². The first kappa shape index (κ1) is 18.5. The van der Waals surface area contributed by atoms with Crippen LogP contribution in [0.2, 0.25) is 0 Å². The Balaban J connectivity index is 1.56. The Morgan fingerprint density at radius 2 is 1.96 bits per heavy atom. The highest BCUT2D eigenvalue weighted by Gasteiger charge is 2.31. The van der Waals surface area contributed by atoms with Gasteiger partial charge in [-0.05, 0) is 50.7 Å². The molecule has 5 nitrogen and oxygen atoms in total. The molecule has 1 amide bonds. The fourth-order valence-corrected chi connectivity index (χ4v) is 4.89. The molecule has 1 aromatic heterocycles. The Morgan fingerprint density at radius 1 is 1.22 bits per heavy atom. The van der Waals surface area contributed by atoms with Crippen LogP contribution in [0.15, 0.2) is 34.2 Å². The van der Waals surface area contributed by atoms with E-state index in [1.165, 1.54) is 31.0 Å². The topological polar surface area (TPSA) is 64.0 Å². The molecule has 2 aliphatic carbocycles. The first-order chi connectivity index (χ1) is 13.0. The number of hydrogen-bond acceptors (Lipinski definition) is 4. The lowest BCUT2D eigenvalue weighted by Crippen LogP contribution is -2.44. The number of rotatable bonds is 5. The summed E-state index contributed by atoms with van der Waals surface area (Å²) >= 11 is 1.41. The van der Waals surface area contributed by atoms with Crippen LogP contribution in [-0.2, 0) is 4.79 Å². The van der Waals surface area contributed by atoms with Crippen LogP contribution in [0.25, 0.3) is 10.9 Å². The average molecular weight is 386 g/mol. The molecule has 6 heteroatoms. The highest BCUT2D eigenvalue weighted by molar-refractivity contribution is 8.00. The molecule has 1 N–H and O–H groups in total. The van der Waals surface area contributed by atoms with Gasteiger partial charge < -0.3 is 5.32 Å². The summed E-state index contributed by atoms with van der Waals surface area (Å²) in [4.78, 5) is 30.4. The quantitative estimate of drug-likeness (QED) is 0.626. The lowest BCUT2D eigenvalue weighted by atomic mass is 9.86. The molecule has 144 valence electrons. The van der Waals surface area contributed by atoms with Crippen LogP contribution in [0.3, 0.4) is 0 Å². The van der Waals surface area contributed by atoms with E-state index in [1.807, 2.05) is 31.2 Å². The van der Waals surface area contributed by atoms with Crippen molar-refractivity contribution in [3.8, 4) is 0 Å². The zero-order valence-corrected chi connectivity index (χ0v) is 16.8. The van der Waals surface area contributed by atoms with Gasteiger partial charge in [0, 0.05) is 12.1 Å². The first-order valence-electron chi connectivity index (χ1n) is 10.0. The molecule has 0 saturated heterocycles. The highest BCUT2D eigenvalue weighted by Crippen LogP contribution is 2.37. The van der Waals surface area contributed by atoms with E-state index in [9.17, 15) is 9.59 Å². The first-order valence-corrected chi connectivity index (χ1v) is 10.9. The standard InChI is InChI=1S/C21H27N3O2S/c1-13-7-3-5-9-17(13)22-19(25)14(2)27-21-23-18-10-6-4-8-16(18)20(26)24(21)15-11-12-15/h4,6,8,10,13-15,17H,3,5,7,9,11-12H2,1-2H3,(H,22,25)/t13-,14+,17+/m0/s1. The molecular formula is C21H27N3O2S. The summed E-state index contributed by atoms with van der Waals surface area (Å²) in [6.07, 6.45) is 6.70. The summed E-state index contributed by atoms with van der Waals surface area (Å²) in [6.45, 7) is 4.13. The number of hydrogen-bond donors (Lipinski definition) is 1. The van der Waals surface area contributed by atoms with E-state index in [0.717, 1.165) is 19.3 Å². The largest absolute Gasteiger partial charge is 0.352 e. The summed E-state index contributed by atoms with van der Waals surface area (Å²) in [6, 6.07) is 7.96. The second-order valence-corrected chi connectivity index (χ2v) is 9.26. The zero-order chi connectivity index (χ0) is 19.0. The molecule has 0 bridgehead atoms. The molecule has 1 aromatic carbocycles. The lowest BCUT2D eigenvalue weighted by molar-refractivity contribution is -0.121. The Hall–Kier alpha value is -1.82. The molecule has 1 heterocycles. The highest BCUT2D eigenvalue weighted by atomic mass is 32.2. The van der Waals surface area contributed by atoms with E-state index >= 15 is 0 Å². The number of para-hydroxylation sites is 1. The minimum atomic E-state index is -0.280. The maximum absolute atomic E-state index is 13.0. The summed E-state index contributed by atoms with van der Waals surface area (Å²) in [5.41, 5.74) is 0.717. The van der Waals surface area contributed by atoms with Crippen LogP contribution in [0.4, 0.5) is 0 Å². The monoisotopic (exact) mass is 385 g/mol. The van der Waals surface area contributed by atoms with E-state index in [-0.39, 0.29) is 28.8 Å². The Morgan fingerprint density at radius 3 is 2.70 bits per heavy atom. The van der Waals surface area contributed by atoms with E-state index in [4.69, 9.17) is 4.98 Å². The van der Waals surface area contributed by atoms with Gasteiger partial charge in [-0.15, -0.1) is 0 Å². The van der Waals surface area contributed by atoms with Gasteiger partial charge in [0.2, 0.25) is 5.91 Å². The number of benzene rings is 1. The van der Waals surface area contributed by atoms with Crippen molar-refractivity contribution < 1.29 is 4.79 Å². The van der Waals surface area contributed by atoms with Crippen LogP contribution in [0.1, 0.15) is 58.4 Å². The fourth-order valence-electron chi connectivity index (χ4n) is 3.91. The minimum absolute atomic E-state index is 0.0131. The van der Waals surface area contributed by atoms with Gasteiger partial charge in [-0.2, -0.15) is 0 Å². The third-order valence-electron chi connectivity index (χ3n) is 5.78. The number of carbonyl (C=O) groups is 1. The molecule has 0 aliphatic heterocycles. The number of aromatic nitrogens is 2. The van der Waals surface area contributed by atoms with Crippen LogP contribution >= 0.6 is 11.8 Å². The molecule has 0 radical (unpaired) electrons. The maximum Gasteiger partial charge on any atom is 0.262 e. The van der Waals surface area contributed by atoms with Crippen molar-refractivity contribution in [3.63, 3.8) is 0 Å². The van der Waals surface area contributed by atoms with Gasteiger partial charge >= 0.3 is 0 Å². The van der Waals surface area contributed by atoms with Gasteiger partial charge in [-0.25, -0.2) is 4.98 Å². The van der Waals surface area contributed by atoms with Crippen molar-refractivity contribution in [1.82, 2.24) is 14.9 Å². The Kier molecular flexibility index (Phi) is 5.26.